The second-order valence-electron chi connectivity index (χ2n) is 7.21. The first-order valence-corrected chi connectivity index (χ1v) is 11.2. The van der Waals surface area contributed by atoms with Gasteiger partial charge in [-0.1, -0.05) is 18.2 Å². The molecule has 0 N–H and O–H groups in total. The van der Waals surface area contributed by atoms with E-state index in [0.717, 1.165) is 34.7 Å². The molecule has 0 radical (unpaired) electrons. The highest BCUT2D eigenvalue weighted by Crippen LogP contribution is 2.28. The Kier molecular flexibility index (Phi) is 5.93. The van der Waals surface area contributed by atoms with Crippen LogP contribution in [-0.2, 0) is 21.2 Å². The summed E-state index contributed by atoms with van der Waals surface area (Å²) in [7, 11) is -3.62. The first-order chi connectivity index (χ1) is 13.3. The van der Waals surface area contributed by atoms with Crippen molar-refractivity contribution in [3.63, 3.8) is 0 Å². The Morgan fingerprint density at radius 2 is 1.82 bits per heavy atom. The molecule has 150 valence electrons. The fourth-order valence-corrected chi connectivity index (χ4v) is 4.21. The summed E-state index contributed by atoms with van der Waals surface area (Å²) in [5.41, 5.74) is 2.42. The largest absolute Gasteiger partial charge is 0.491 e. The van der Waals surface area contributed by atoms with E-state index in [0.29, 0.717) is 18.0 Å². The van der Waals surface area contributed by atoms with Crippen LogP contribution in [0.25, 0.3) is 0 Å². The molecule has 3 rings (SSSR count). The predicted octanol–water partition coefficient (Wildman–Crippen LogP) is 3.22. The number of aryl methyl sites for hydroxylation is 1. The summed E-state index contributed by atoms with van der Waals surface area (Å²) in [4.78, 5) is 14.7. The molecule has 0 fully saturated rings. The molecule has 0 unspecified atom stereocenters. The van der Waals surface area contributed by atoms with Gasteiger partial charge in [-0.2, -0.15) is 0 Å². The van der Waals surface area contributed by atoms with Crippen molar-refractivity contribution in [2.45, 2.75) is 32.8 Å². The zero-order valence-electron chi connectivity index (χ0n) is 16.5. The number of carbonyl (C=O) groups excluding carboxylic acids is 1. The third kappa shape index (κ3) is 4.65. The first-order valence-electron chi connectivity index (χ1n) is 9.38. The van der Waals surface area contributed by atoms with E-state index in [2.05, 4.69) is 0 Å². The van der Waals surface area contributed by atoms with Crippen LogP contribution in [0.2, 0.25) is 0 Å². The summed E-state index contributed by atoms with van der Waals surface area (Å²) in [6.07, 6.45) is 2.93. The maximum Gasteiger partial charge on any atom is 0.247 e. The number of fused-ring (bicyclic) bond motifs is 1. The average molecular weight is 403 g/mol. The van der Waals surface area contributed by atoms with Crippen LogP contribution in [0.5, 0.6) is 5.75 Å². The second-order valence-corrected chi connectivity index (χ2v) is 9.11. The van der Waals surface area contributed by atoms with E-state index in [-0.39, 0.29) is 18.6 Å². The standard InChI is InChI=1S/C21H26N2O4S/c1-16(2)27-19-12-10-18(11-13-19)23(28(3,25)26)15-21(24)22-14-6-8-17-7-4-5-9-20(17)22/h4-5,7,9-13,16H,6,8,14-15H2,1-3H3. The van der Waals surface area contributed by atoms with Crippen LogP contribution in [0.1, 0.15) is 25.8 Å². The molecule has 0 aromatic heterocycles. The molecule has 1 amide bonds. The van der Waals surface area contributed by atoms with Crippen molar-refractivity contribution in [1.29, 1.82) is 0 Å². The molecular formula is C21H26N2O4S. The molecule has 1 heterocycles. The van der Waals surface area contributed by atoms with Gasteiger partial charge in [-0.25, -0.2) is 8.42 Å². The van der Waals surface area contributed by atoms with Crippen molar-refractivity contribution in [3.8, 4) is 5.75 Å². The highest BCUT2D eigenvalue weighted by molar-refractivity contribution is 7.92. The SMILES string of the molecule is CC(C)Oc1ccc(N(CC(=O)N2CCCc3ccccc32)S(C)(=O)=O)cc1. The average Bonchev–Trinajstić information content (AvgIpc) is 2.65. The van der Waals surface area contributed by atoms with E-state index in [1.165, 1.54) is 0 Å². The van der Waals surface area contributed by atoms with Gasteiger partial charge >= 0.3 is 0 Å². The summed E-state index contributed by atoms with van der Waals surface area (Å²) in [5.74, 6) is 0.420. The van der Waals surface area contributed by atoms with Crippen LogP contribution in [-0.4, -0.2) is 39.8 Å². The summed E-state index contributed by atoms with van der Waals surface area (Å²) < 4.78 is 31.5. The quantitative estimate of drug-likeness (QED) is 0.744. The zero-order chi connectivity index (χ0) is 20.3. The molecule has 7 heteroatoms. The van der Waals surface area contributed by atoms with Gasteiger partial charge in [0.25, 0.3) is 0 Å². The van der Waals surface area contributed by atoms with Gasteiger partial charge in [-0.05, 0) is 62.6 Å². The van der Waals surface area contributed by atoms with Gasteiger partial charge in [0.05, 0.1) is 18.0 Å². The number of hydrogen-bond donors (Lipinski definition) is 0. The number of ether oxygens (including phenoxy) is 1. The second kappa shape index (κ2) is 8.22. The normalized spacial score (nSPS) is 13.9. The van der Waals surface area contributed by atoms with Crippen molar-refractivity contribution in [2.75, 3.05) is 28.6 Å². The van der Waals surface area contributed by atoms with Crippen LogP contribution in [0.15, 0.2) is 48.5 Å². The predicted molar refractivity (Wildman–Crippen MR) is 112 cm³/mol. The van der Waals surface area contributed by atoms with E-state index < -0.39 is 10.0 Å². The van der Waals surface area contributed by atoms with Gasteiger partial charge in [-0.15, -0.1) is 0 Å². The molecule has 2 aromatic carbocycles. The molecule has 6 nitrogen and oxygen atoms in total. The molecule has 0 saturated heterocycles. The van der Waals surface area contributed by atoms with Crippen molar-refractivity contribution in [2.24, 2.45) is 0 Å². The molecule has 0 bridgehead atoms. The number of nitrogens with zero attached hydrogens (tertiary/aromatic N) is 2. The lowest BCUT2D eigenvalue weighted by Gasteiger charge is -2.31. The Balaban J connectivity index is 1.83. The minimum atomic E-state index is -3.62. The van der Waals surface area contributed by atoms with E-state index in [1.807, 2.05) is 38.1 Å². The van der Waals surface area contributed by atoms with Gasteiger partial charge in [0.15, 0.2) is 0 Å². The lowest BCUT2D eigenvalue weighted by molar-refractivity contribution is -0.117. The van der Waals surface area contributed by atoms with Crippen LogP contribution in [0.4, 0.5) is 11.4 Å². The third-order valence-corrected chi connectivity index (χ3v) is 5.73. The minimum Gasteiger partial charge on any atom is -0.491 e. The molecule has 1 aliphatic heterocycles. The van der Waals surface area contributed by atoms with E-state index in [9.17, 15) is 13.2 Å². The lowest BCUT2D eigenvalue weighted by Crippen LogP contribution is -2.44. The number of rotatable bonds is 6. The maximum atomic E-state index is 13.0. The first kappa shape index (κ1) is 20.2. The Bertz CT molecular complexity index is 939. The molecule has 0 atom stereocenters. The fraction of sp³-hybridized carbons (Fsp3) is 0.381. The summed E-state index contributed by atoms with van der Waals surface area (Å²) in [5, 5.41) is 0. The maximum absolute atomic E-state index is 13.0. The van der Waals surface area contributed by atoms with Crippen LogP contribution < -0.4 is 13.9 Å². The van der Waals surface area contributed by atoms with Gasteiger partial charge in [0, 0.05) is 12.2 Å². The van der Waals surface area contributed by atoms with Crippen molar-refractivity contribution in [1.82, 2.24) is 0 Å². The molecule has 2 aromatic rings. The third-order valence-electron chi connectivity index (χ3n) is 4.59. The minimum absolute atomic E-state index is 0.0256. The molecule has 28 heavy (non-hydrogen) atoms. The lowest BCUT2D eigenvalue weighted by atomic mass is 10.0. The van der Waals surface area contributed by atoms with E-state index in [1.54, 1.807) is 29.2 Å². The number of benzene rings is 2. The molecule has 1 aliphatic rings. The number of carbonyl (C=O) groups is 1. The zero-order valence-corrected chi connectivity index (χ0v) is 17.3. The Morgan fingerprint density at radius 3 is 2.46 bits per heavy atom. The van der Waals surface area contributed by atoms with Crippen LogP contribution in [0, 0.1) is 0 Å². The Labute approximate surface area is 166 Å². The topological polar surface area (TPSA) is 66.9 Å². The van der Waals surface area contributed by atoms with Gasteiger partial charge in [-0.3, -0.25) is 9.10 Å². The monoisotopic (exact) mass is 402 g/mol. The number of hydrogen-bond acceptors (Lipinski definition) is 4. The Hall–Kier alpha value is -2.54. The highest BCUT2D eigenvalue weighted by Gasteiger charge is 2.27. The van der Waals surface area contributed by atoms with Crippen molar-refractivity contribution < 1.29 is 17.9 Å². The van der Waals surface area contributed by atoms with Gasteiger partial charge in [0.2, 0.25) is 15.9 Å². The Morgan fingerprint density at radius 1 is 1.14 bits per heavy atom. The molecule has 0 aliphatic carbocycles. The highest BCUT2D eigenvalue weighted by atomic mass is 32.2. The summed E-state index contributed by atoms with van der Waals surface area (Å²) >= 11 is 0. The number of sulfonamides is 1. The smallest absolute Gasteiger partial charge is 0.247 e. The van der Waals surface area contributed by atoms with Gasteiger partial charge < -0.3 is 9.64 Å². The number of anilines is 2. The fourth-order valence-electron chi connectivity index (χ4n) is 3.36. The van der Waals surface area contributed by atoms with Crippen molar-refractivity contribution in [3.05, 3.63) is 54.1 Å². The van der Waals surface area contributed by atoms with E-state index >= 15 is 0 Å². The van der Waals surface area contributed by atoms with Crippen LogP contribution >= 0.6 is 0 Å². The molecular weight excluding hydrogens is 376 g/mol. The van der Waals surface area contributed by atoms with Crippen LogP contribution in [0.3, 0.4) is 0 Å². The summed E-state index contributed by atoms with van der Waals surface area (Å²) in [6.45, 7) is 4.20. The summed E-state index contributed by atoms with van der Waals surface area (Å²) in [6, 6.07) is 14.5. The van der Waals surface area contributed by atoms with E-state index in [4.69, 9.17) is 4.74 Å². The number of para-hydroxylation sites is 1. The van der Waals surface area contributed by atoms with Gasteiger partial charge in [0.1, 0.15) is 12.3 Å². The molecule has 0 spiro atoms. The molecule has 0 saturated carbocycles. The van der Waals surface area contributed by atoms with Crippen molar-refractivity contribution >= 4 is 27.3 Å². The number of amides is 1.